The van der Waals surface area contributed by atoms with Crippen molar-refractivity contribution < 1.29 is 28.7 Å². The minimum Gasteiger partial charge on any atom is -0.379 e. The molecule has 13 nitrogen and oxygen atoms in total. The first-order chi connectivity index (χ1) is 29.0. The lowest BCUT2D eigenvalue weighted by atomic mass is 9.89. The summed E-state index contributed by atoms with van der Waals surface area (Å²) in [5.74, 6) is -1.38. The van der Waals surface area contributed by atoms with Gasteiger partial charge >= 0.3 is 0 Å². The molecular weight excluding hydrogens is 791 g/mol. The molecule has 3 N–H and O–H groups in total. The molecule has 14 heteroatoms. The third-order valence-corrected chi connectivity index (χ3v) is 13.3. The zero-order valence-corrected chi connectivity index (χ0v) is 40.3. The van der Waals surface area contributed by atoms with Gasteiger partial charge in [0, 0.05) is 45.4 Å². The zero-order valence-electron chi connectivity index (χ0n) is 39.5. The molecule has 0 bridgehead atoms. The molecular formula is C47H79N7O6S. The van der Waals surface area contributed by atoms with E-state index >= 15 is 0 Å². The Kier molecular flexibility index (Phi) is 21.8. The van der Waals surface area contributed by atoms with Crippen molar-refractivity contribution in [2.24, 2.45) is 23.7 Å². The Balaban J connectivity index is 1.77. The number of aromatic nitrogens is 1. The van der Waals surface area contributed by atoms with E-state index in [-0.39, 0.29) is 59.9 Å². The number of carbonyl (C=O) groups is 4. The summed E-state index contributed by atoms with van der Waals surface area (Å²) >= 11 is 1.51. The highest BCUT2D eigenvalue weighted by Crippen LogP contribution is 2.30. The Labute approximate surface area is 371 Å². The van der Waals surface area contributed by atoms with Crippen molar-refractivity contribution in [1.82, 2.24) is 35.6 Å². The number of likely N-dealkylation sites (tertiary alicyclic amines) is 1. The van der Waals surface area contributed by atoms with Gasteiger partial charge in [-0.15, -0.1) is 11.3 Å². The van der Waals surface area contributed by atoms with Gasteiger partial charge in [0.25, 0.3) is 0 Å². The molecule has 1 fully saturated rings. The third kappa shape index (κ3) is 14.8. The lowest BCUT2D eigenvalue weighted by Crippen LogP contribution is -2.60. The molecule has 2 heterocycles. The number of nitrogens with one attached hydrogen (secondary N) is 3. The molecule has 0 spiro atoms. The molecule has 9 atom stereocenters. The van der Waals surface area contributed by atoms with Gasteiger partial charge in [0.1, 0.15) is 11.0 Å². The van der Waals surface area contributed by atoms with Crippen LogP contribution in [-0.2, 0) is 35.1 Å². The second kappa shape index (κ2) is 25.6. The van der Waals surface area contributed by atoms with E-state index in [2.05, 4.69) is 53.5 Å². The summed E-state index contributed by atoms with van der Waals surface area (Å²) in [6, 6.07) is 8.19. The minimum atomic E-state index is -0.768. The van der Waals surface area contributed by atoms with Crippen molar-refractivity contribution in [2.45, 2.75) is 149 Å². The summed E-state index contributed by atoms with van der Waals surface area (Å²) in [6.45, 7) is 20.3. The average Bonchev–Trinajstić information content (AvgIpc) is 3.95. The fraction of sp³-hybridized carbons (Fsp3) is 0.723. The lowest BCUT2D eigenvalue weighted by molar-refractivity contribution is -0.148. The normalized spacial score (nSPS) is 18.4. The van der Waals surface area contributed by atoms with Gasteiger partial charge in [-0.1, -0.05) is 99.1 Å². The van der Waals surface area contributed by atoms with Crippen LogP contribution in [-0.4, -0.2) is 134 Å². The maximum Gasteiger partial charge on any atom is 0.245 e. The molecule has 0 unspecified atom stereocenters. The highest BCUT2D eigenvalue weighted by Gasteiger charge is 2.43. The summed E-state index contributed by atoms with van der Waals surface area (Å²) < 4.78 is 12.2. The van der Waals surface area contributed by atoms with Gasteiger partial charge in [0.05, 0.1) is 48.7 Å². The largest absolute Gasteiger partial charge is 0.379 e. The van der Waals surface area contributed by atoms with Gasteiger partial charge in [-0.3, -0.25) is 24.1 Å². The predicted molar refractivity (Wildman–Crippen MR) is 245 cm³/mol. The first-order valence-corrected chi connectivity index (χ1v) is 23.4. The molecule has 1 aliphatic heterocycles. The summed E-state index contributed by atoms with van der Waals surface area (Å²) in [4.78, 5) is 67.1. The fourth-order valence-corrected chi connectivity index (χ4v) is 9.60. The Morgan fingerprint density at radius 3 is 2.18 bits per heavy atom. The number of thiazole rings is 1. The van der Waals surface area contributed by atoms with Crippen molar-refractivity contribution in [2.75, 3.05) is 47.9 Å². The highest BCUT2D eigenvalue weighted by molar-refractivity contribution is 7.09. The van der Waals surface area contributed by atoms with Crippen LogP contribution in [0.25, 0.3) is 0 Å². The molecule has 0 saturated carbocycles. The van der Waals surface area contributed by atoms with Crippen LogP contribution in [0.4, 0.5) is 0 Å². The van der Waals surface area contributed by atoms with Gasteiger partial charge in [-0.2, -0.15) is 0 Å². The average molecular weight is 870 g/mol. The number of likely N-dealkylation sites (N-methyl/N-ethyl adjacent to an activating group) is 2. The molecule has 1 aromatic heterocycles. The number of nitrogens with zero attached hydrogens (tertiary/aromatic N) is 4. The predicted octanol–water partition coefficient (Wildman–Crippen LogP) is 5.95. The maximum absolute atomic E-state index is 14.5. The van der Waals surface area contributed by atoms with Gasteiger partial charge in [-0.25, -0.2) is 4.98 Å². The van der Waals surface area contributed by atoms with Gasteiger partial charge < -0.3 is 35.2 Å². The Morgan fingerprint density at radius 1 is 0.934 bits per heavy atom. The fourth-order valence-electron chi connectivity index (χ4n) is 8.91. The van der Waals surface area contributed by atoms with Crippen LogP contribution in [0.3, 0.4) is 0 Å². The van der Waals surface area contributed by atoms with E-state index < -0.39 is 36.3 Å². The third-order valence-electron chi connectivity index (χ3n) is 12.5. The monoisotopic (exact) mass is 870 g/mol. The van der Waals surface area contributed by atoms with Gasteiger partial charge in [-0.05, 0) is 69.1 Å². The molecule has 344 valence electrons. The number of methoxy groups -OCH3 is 2. The number of hydrogen-bond acceptors (Lipinski definition) is 10. The Bertz CT molecular complexity index is 1610. The molecule has 1 saturated heterocycles. The van der Waals surface area contributed by atoms with Crippen LogP contribution in [0.5, 0.6) is 0 Å². The summed E-state index contributed by atoms with van der Waals surface area (Å²) in [5, 5.41) is 12.6. The van der Waals surface area contributed by atoms with Crippen molar-refractivity contribution in [1.29, 1.82) is 0 Å². The highest BCUT2D eigenvalue weighted by atomic mass is 32.1. The molecule has 61 heavy (non-hydrogen) atoms. The molecule has 2 aromatic rings. The standard InChI is InChI=1S/C47H79N7O6S/c1-14-33(8)42(53(11)47(58)40(30(2)3)51-45(57)41(31(4)5)52(10)25-19-23-48-32(6)7)38(59-12)29-39(55)54-26-18-22-37(54)43(60-13)34(9)44(56)50-36(46-49-24-27-61-46)28-35-20-16-15-17-21-35/h15-17,20-21,24,27,30-34,36-38,40-43,48H,14,18-19,22-23,25-26,28-29H2,1-13H3,(H,50,56)(H,51,57)/t33-,34+,36-,37-,38+,40-,41-,42-,43+/m0/s1. The molecule has 3 rings (SSSR count). The van der Waals surface area contributed by atoms with E-state index in [1.54, 1.807) is 32.4 Å². The van der Waals surface area contributed by atoms with Crippen LogP contribution in [0.2, 0.25) is 0 Å². The SMILES string of the molecule is CC[C@H](C)[C@@H]([C@@H](CC(=O)N1CCC[C@H]1[C@H](OC)[C@@H](C)C(=O)N[C@@H](Cc1ccccc1)c1nccs1)OC)N(C)C(=O)[C@@H](NC(=O)[C@H](C(C)C)N(C)CCCNC(C)C)C(C)C. The maximum atomic E-state index is 14.5. The minimum absolute atomic E-state index is 0.0179. The van der Waals surface area contributed by atoms with Gasteiger partial charge in [0.15, 0.2) is 0 Å². The van der Waals surface area contributed by atoms with Crippen LogP contribution in [0.15, 0.2) is 41.9 Å². The number of hydrogen-bond donors (Lipinski definition) is 3. The van der Waals surface area contributed by atoms with Crippen LogP contribution >= 0.6 is 11.3 Å². The van der Waals surface area contributed by atoms with Crippen molar-refractivity contribution in [3.05, 3.63) is 52.5 Å². The van der Waals surface area contributed by atoms with E-state index in [1.165, 1.54) is 11.3 Å². The first-order valence-electron chi connectivity index (χ1n) is 22.6. The second-order valence-electron chi connectivity index (χ2n) is 18.1. The molecule has 0 aliphatic carbocycles. The van der Waals surface area contributed by atoms with Crippen LogP contribution < -0.4 is 16.0 Å². The van der Waals surface area contributed by atoms with Crippen molar-refractivity contribution >= 4 is 35.0 Å². The van der Waals surface area contributed by atoms with Crippen LogP contribution in [0.1, 0.15) is 111 Å². The molecule has 1 aromatic carbocycles. The topological polar surface area (TPSA) is 145 Å². The Hall–Kier alpha value is -3.43. The van der Waals surface area contributed by atoms with Crippen LogP contribution in [0, 0.1) is 23.7 Å². The van der Waals surface area contributed by atoms with Crippen molar-refractivity contribution in [3.8, 4) is 0 Å². The number of carbonyl (C=O) groups excluding carboxylic acids is 4. The zero-order chi connectivity index (χ0) is 45.4. The summed E-state index contributed by atoms with van der Waals surface area (Å²) in [7, 11) is 6.93. The summed E-state index contributed by atoms with van der Waals surface area (Å²) in [5.41, 5.74) is 1.09. The smallest absolute Gasteiger partial charge is 0.245 e. The number of rotatable bonds is 26. The molecule has 4 amide bonds. The first kappa shape index (κ1) is 51.9. The van der Waals surface area contributed by atoms with Crippen molar-refractivity contribution in [3.63, 3.8) is 0 Å². The van der Waals surface area contributed by atoms with E-state index in [1.807, 2.05) is 82.3 Å². The quantitative estimate of drug-likeness (QED) is 0.0978. The molecule has 1 aliphatic rings. The van der Waals surface area contributed by atoms with Gasteiger partial charge in [0.2, 0.25) is 23.6 Å². The van der Waals surface area contributed by atoms with E-state index in [0.717, 1.165) is 42.9 Å². The second-order valence-corrected chi connectivity index (χ2v) is 19.0. The Morgan fingerprint density at radius 2 is 1.62 bits per heavy atom. The molecule has 0 radical (unpaired) electrons. The summed E-state index contributed by atoms with van der Waals surface area (Å²) in [6.07, 6.45) is 4.36. The number of amides is 4. The van der Waals surface area contributed by atoms with E-state index in [4.69, 9.17) is 9.47 Å². The van der Waals surface area contributed by atoms with E-state index in [0.29, 0.717) is 25.4 Å². The van der Waals surface area contributed by atoms with E-state index in [9.17, 15) is 19.2 Å². The number of ether oxygens (including phenoxy) is 2. The lowest BCUT2D eigenvalue weighted by Gasteiger charge is -2.41. The number of benzene rings is 1.